The molecule has 2 rings (SSSR count). The van der Waals surface area contributed by atoms with Crippen LogP contribution in [0.15, 0.2) is 36.4 Å². The monoisotopic (exact) mass is 277 g/mol. The highest BCUT2D eigenvalue weighted by Crippen LogP contribution is 2.32. The minimum absolute atomic E-state index is 0.408. The Balaban J connectivity index is 2.34. The number of anilines is 3. The van der Waals surface area contributed by atoms with Crippen molar-refractivity contribution in [2.75, 3.05) is 11.1 Å². The lowest BCUT2D eigenvalue weighted by Crippen LogP contribution is -1.96. The Bertz CT molecular complexity index is 633. The van der Waals surface area contributed by atoms with Gasteiger partial charge in [0.2, 0.25) is 0 Å². The highest BCUT2D eigenvalue weighted by Gasteiger charge is 2.05. The average molecular weight is 278 g/mol. The van der Waals surface area contributed by atoms with Crippen LogP contribution < -0.4 is 11.1 Å². The molecule has 2 aromatic carbocycles. The molecule has 18 heavy (non-hydrogen) atoms. The fourth-order valence-electron chi connectivity index (χ4n) is 1.49. The lowest BCUT2D eigenvalue weighted by Gasteiger charge is -2.10. The number of hydrogen-bond acceptors (Lipinski definition) is 3. The molecule has 0 saturated heterocycles. The van der Waals surface area contributed by atoms with Gasteiger partial charge in [-0.25, -0.2) is 0 Å². The zero-order valence-corrected chi connectivity index (χ0v) is 10.8. The lowest BCUT2D eigenvalue weighted by molar-refractivity contribution is 1.47. The number of halogens is 2. The Morgan fingerprint density at radius 1 is 1.11 bits per heavy atom. The summed E-state index contributed by atoms with van der Waals surface area (Å²) in [6, 6.07) is 12.4. The van der Waals surface area contributed by atoms with Crippen LogP contribution in [0.1, 0.15) is 5.56 Å². The van der Waals surface area contributed by atoms with Gasteiger partial charge in [-0.1, -0.05) is 29.3 Å². The molecular formula is C13H9Cl2N3. The molecular weight excluding hydrogens is 269 g/mol. The van der Waals surface area contributed by atoms with Crippen LogP contribution in [0, 0.1) is 11.3 Å². The fraction of sp³-hybridized carbons (Fsp3) is 0. The van der Waals surface area contributed by atoms with Crippen LogP contribution in [0.3, 0.4) is 0 Å². The zero-order chi connectivity index (χ0) is 13.1. The first-order valence-corrected chi connectivity index (χ1v) is 5.87. The number of rotatable bonds is 2. The van der Waals surface area contributed by atoms with Crippen molar-refractivity contribution in [1.29, 1.82) is 5.26 Å². The second kappa shape index (κ2) is 5.18. The van der Waals surface area contributed by atoms with Gasteiger partial charge in [-0.15, -0.1) is 0 Å². The molecule has 0 unspecified atom stereocenters. The molecule has 0 radical (unpaired) electrons. The van der Waals surface area contributed by atoms with Crippen LogP contribution >= 0.6 is 23.2 Å². The Morgan fingerprint density at radius 2 is 1.83 bits per heavy atom. The van der Waals surface area contributed by atoms with Gasteiger partial charge >= 0.3 is 0 Å². The van der Waals surface area contributed by atoms with Gasteiger partial charge in [-0.2, -0.15) is 5.26 Å². The van der Waals surface area contributed by atoms with Gasteiger partial charge in [0.1, 0.15) is 0 Å². The molecule has 5 heteroatoms. The van der Waals surface area contributed by atoms with E-state index < -0.39 is 0 Å². The van der Waals surface area contributed by atoms with E-state index in [0.717, 1.165) is 5.69 Å². The molecule has 3 N–H and O–H groups in total. The van der Waals surface area contributed by atoms with E-state index in [0.29, 0.717) is 27.0 Å². The highest BCUT2D eigenvalue weighted by atomic mass is 35.5. The third kappa shape index (κ3) is 2.67. The van der Waals surface area contributed by atoms with Crippen LogP contribution in [-0.4, -0.2) is 0 Å². The Kier molecular flexibility index (Phi) is 3.61. The largest absolute Gasteiger partial charge is 0.397 e. The third-order valence-corrected chi connectivity index (χ3v) is 3.09. The molecule has 0 bridgehead atoms. The van der Waals surface area contributed by atoms with E-state index in [2.05, 4.69) is 11.4 Å². The van der Waals surface area contributed by atoms with E-state index in [1.807, 2.05) is 6.07 Å². The van der Waals surface area contributed by atoms with Crippen molar-refractivity contribution in [3.8, 4) is 6.07 Å². The summed E-state index contributed by atoms with van der Waals surface area (Å²) in [4.78, 5) is 0. The molecule has 0 aromatic heterocycles. The number of nitrogen functional groups attached to an aromatic ring is 1. The molecule has 90 valence electrons. The van der Waals surface area contributed by atoms with E-state index in [9.17, 15) is 0 Å². The summed E-state index contributed by atoms with van der Waals surface area (Å²) >= 11 is 11.8. The molecule has 0 fully saturated rings. The maximum Gasteiger partial charge on any atom is 0.0992 e. The van der Waals surface area contributed by atoms with Crippen molar-refractivity contribution >= 4 is 40.3 Å². The Morgan fingerprint density at radius 3 is 2.56 bits per heavy atom. The average Bonchev–Trinajstić information content (AvgIpc) is 2.36. The van der Waals surface area contributed by atoms with Crippen molar-refractivity contribution in [2.24, 2.45) is 0 Å². The smallest absolute Gasteiger partial charge is 0.0992 e. The van der Waals surface area contributed by atoms with Gasteiger partial charge in [0, 0.05) is 5.69 Å². The highest BCUT2D eigenvalue weighted by molar-refractivity contribution is 6.42. The number of nitrogens with one attached hydrogen (secondary N) is 1. The van der Waals surface area contributed by atoms with Crippen LogP contribution in [-0.2, 0) is 0 Å². The van der Waals surface area contributed by atoms with Gasteiger partial charge < -0.3 is 11.1 Å². The van der Waals surface area contributed by atoms with Gasteiger partial charge in [0.15, 0.2) is 0 Å². The molecule has 0 atom stereocenters. The first kappa shape index (κ1) is 12.6. The predicted octanol–water partition coefficient (Wildman–Crippen LogP) is 4.19. The standard InChI is InChI=1S/C13H9Cl2N3/c14-10-5-12(17)13(6-11(10)15)18-9-3-1-2-8(4-9)7-16/h1-6,18H,17H2. The molecule has 0 aliphatic heterocycles. The van der Waals surface area contributed by atoms with Crippen LogP contribution in [0.25, 0.3) is 0 Å². The first-order valence-electron chi connectivity index (χ1n) is 5.12. The van der Waals surface area contributed by atoms with Crippen LogP contribution in [0.5, 0.6) is 0 Å². The van der Waals surface area contributed by atoms with E-state index in [1.165, 1.54) is 0 Å². The number of hydrogen-bond donors (Lipinski definition) is 2. The minimum Gasteiger partial charge on any atom is -0.397 e. The number of nitriles is 1. The van der Waals surface area contributed by atoms with E-state index >= 15 is 0 Å². The summed E-state index contributed by atoms with van der Waals surface area (Å²) in [5.74, 6) is 0. The summed E-state index contributed by atoms with van der Waals surface area (Å²) in [5, 5.41) is 12.7. The number of nitrogens with two attached hydrogens (primary N) is 1. The predicted molar refractivity (Wildman–Crippen MR) is 75.3 cm³/mol. The minimum atomic E-state index is 0.408. The summed E-state index contributed by atoms with van der Waals surface area (Å²) in [7, 11) is 0. The van der Waals surface area contributed by atoms with Gasteiger partial charge in [0.25, 0.3) is 0 Å². The van der Waals surface area contributed by atoms with Crippen LogP contribution in [0.2, 0.25) is 10.0 Å². The van der Waals surface area contributed by atoms with E-state index in [-0.39, 0.29) is 0 Å². The quantitative estimate of drug-likeness (QED) is 0.809. The number of nitrogens with zero attached hydrogens (tertiary/aromatic N) is 1. The fourth-order valence-corrected chi connectivity index (χ4v) is 1.83. The normalized spacial score (nSPS) is 9.83. The molecule has 0 aliphatic rings. The van der Waals surface area contributed by atoms with Crippen molar-refractivity contribution in [3.63, 3.8) is 0 Å². The topological polar surface area (TPSA) is 61.8 Å². The van der Waals surface area contributed by atoms with E-state index in [4.69, 9.17) is 34.2 Å². The molecule has 0 saturated carbocycles. The second-order valence-corrected chi connectivity index (χ2v) is 4.49. The summed E-state index contributed by atoms with van der Waals surface area (Å²) in [6.07, 6.45) is 0. The van der Waals surface area contributed by atoms with Gasteiger partial charge in [0.05, 0.1) is 33.1 Å². The maximum absolute atomic E-state index is 8.82. The van der Waals surface area contributed by atoms with Crippen molar-refractivity contribution in [1.82, 2.24) is 0 Å². The summed E-state index contributed by atoms with van der Waals surface area (Å²) in [5.41, 5.74) is 8.31. The lowest BCUT2D eigenvalue weighted by atomic mass is 10.2. The molecule has 2 aromatic rings. The van der Waals surface area contributed by atoms with E-state index in [1.54, 1.807) is 30.3 Å². The van der Waals surface area contributed by atoms with Gasteiger partial charge in [-0.05, 0) is 30.3 Å². The molecule has 0 heterocycles. The van der Waals surface area contributed by atoms with Gasteiger partial charge in [-0.3, -0.25) is 0 Å². The molecule has 0 amide bonds. The molecule has 0 spiro atoms. The Hall–Kier alpha value is -1.89. The van der Waals surface area contributed by atoms with Crippen molar-refractivity contribution < 1.29 is 0 Å². The van der Waals surface area contributed by atoms with Crippen molar-refractivity contribution in [2.45, 2.75) is 0 Å². The third-order valence-electron chi connectivity index (χ3n) is 2.36. The SMILES string of the molecule is N#Cc1cccc(Nc2cc(Cl)c(Cl)cc2N)c1. The summed E-state index contributed by atoms with van der Waals surface area (Å²) in [6.45, 7) is 0. The zero-order valence-electron chi connectivity index (χ0n) is 9.24. The first-order chi connectivity index (χ1) is 8.60. The molecule has 3 nitrogen and oxygen atoms in total. The van der Waals surface area contributed by atoms with Crippen molar-refractivity contribution in [3.05, 3.63) is 52.0 Å². The summed E-state index contributed by atoms with van der Waals surface area (Å²) < 4.78 is 0. The Labute approximate surface area is 115 Å². The number of benzene rings is 2. The van der Waals surface area contributed by atoms with Crippen LogP contribution in [0.4, 0.5) is 17.1 Å². The second-order valence-electron chi connectivity index (χ2n) is 3.67. The maximum atomic E-state index is 8.82. The molecule has 0 aliphatic carbocycles.